The molecule has 1 saturated heterocycles. The molecule has 154 valence electrons. The van der Waals surface area contributed by atoms with E-state index in [1.165, 1.54) is 0 Å². The Hall–Kier alpha value is -2.81. The zero-order chi connectivity index (χ0) is 20.8. The number of nitrogens with zero attached hydrogens (tertiary/aromatic N) is 3. The molecule has 0 spiro atoms. The molecule has 1 fully saturated rings. The van der Waals surface area contributed by atoms with Gasteiger partial charge in [-0.15, -0.1) is 5.10 Å². The molecule has 29 heavy (non-hydrogen) atoms. The molecule has 1 aliphatic heterocycles. The zero-order valence-corrected chi connectivity index (χ0v) is 17.4. The Morgan fingerprint density at radius 2 is 1.72 bits per heavy atom. The van der Waals surface area contributed by atoms with E-state index >= 15 is 0 Å². The number of likely N-dealkylation sites (tertiary alicyclic amines) is 1. The molecule has 2 aromatic rings. The van der Waals surface area contributed by atoms with Crippen molar-refractivity contribution in [2.45, 2.75) is 33.2 Å². The summed E-state index contributed by atoms with van der Waals surface area (Å²) < 4.78 is 3.81. The standard InChI is InChI=1S/C20H25N5O3S/c1-13-3-5-15(6-4-13)11-21-18(26)19(27)22-12-16-7-9-25(10-8-16)20(28)17-14(2)23-24-29-17/h3-6,16H,7-12H2,1-2H3,(H,21,26)(H,22,27). The summed E-state index contributed by atoms with van der Waals surface area (Å²) in [5.74, 6) is -1.04. The number of hydrogen-bond donors (Lipinski definition) is 2. The van der Waals surface area contributed by atoms with Gasteiger partial charge in [-0.2, -0.15) is 0 Å². The Balaban J connectivity index is 1.37. The molecule has 0 saturated carbocycles. The summed E-state index contributed by atoms with van der Waals surface area (Å²) in [6.07, 6.45) is 1.56. The molecule has 3 rings (SSSR count). The van der Waals surface area contributed by atoms with Crippen molar-refractivity contribution >= 4 is 29.3 Å². The lowest BCUT2D eigenvalue weighted by Gasteiger charge is -2.31. The Morgan fingerprint density at radius 1 is 1.07 bits per heavy atom. The first-order valence-corrected chi connectivity index (χ1v) is 10.4. The highest BCUT2D eigenvalue weighted by Gasteiger charge is 2.26. The van der Waals surface area contributed by atoms with Crippen molar-refractivity contribution in [3.05, 3.63) is 46.0 Å². The van der Waals surface area contributed by atoms with Gasteiger partial charge in [0.1, 0.15) is 4.88 Å². The van der Waals surface area contributed by atoms with E-state index in [0.29, 0.717) is 36.8 Å². The summed E-state index contributed by atoms with van der Waals surface area (Å²) in [5.41, 5.74) is 2.75. The number of amides is 3. The maximum atomic E-state index is 12.5. The third-order valence-corrected chi connectivity index (χ3v) is 5.89. The SMILES string of the molecule is Cc1ccc(CNC(=O)C(=O)NCC2CCN(C(=O)c3snnc3C)CC2)cc1. The second kappa shape index (κ2) is 9.60. The third-order valence-electron chi connectivity index (χ3n) is 5.08. The van der Waals surface area contributed by atoms with Gasteiger partial charge in [0.05, 0.1) is 5.69 Å². The van der Waals surface area contributed by atoms with Crippen molar-refractivity contribution in [2.75, 3.05) is 19.6 Å². The monoisotopic (exact) mass is 415 g/mol. The molecule has 1 aliphatic rings. The van der Waals surface area contributed by atoms with E-state index in [-0.39, 0.29) is 11.8 Å². The smallest absolute Gasteiger partial charge is 0.309 e. The molecule has 9 heteroatoms. The summed E-state index contributed by atoms with van der Waals surface area (Å²) in [7, 11) is 0. The first-order chi connectivity index (χ1) is 13.9. The number of piperidine rings is 1. The van der Waals surface area contributed by atoms with Crippen LogP contribution in [0.3, 0.4) is 0 Å². The van der Waals surface area contributed by atoms with Gasteiger partial charge in [-0.1, -0.05) is 34.3 Å². The highest BCUT2D eigenvalue weighted by Crippen LogP contribution is 2.20. The van der Waals surface area contributed by atoms with Gasteiger partial charge in [0.25, 0.3) is 5.91 Å². The lowest BCUT2D eigenvalue weighted by Crippen LogP contribution is -2.44. The van der Waals surface area contributed by atoms with Crippen LogP contribution in [0.25, 0.3) is 0 Å². The van der Waals surface area contributed by atoms with Crippen LogP contribution in [-0.4, -0.2) is 51.8 Å². The van der Waals surface area contributed by atoms with E-state index in [2.05, 4.69) is 20.2 Å². The van der Waals surface area contributed by atoms with Crippen LogP contribution in [0, 0.1) is 19.8 Å². The highest BCUT2D eigenvalue weighted by atomic mass is 32.1. The first-order valence-electron chi connectivity index (χ1n) is 9.64. The molecule has 2 N–H and O–H groups in total. The van der Waals surface area contributed by atoms with E-state index in [4.69, 9.17) is 0 Å². The fraction of sp³-hybridized carbons (Fsp3) is 0.450. The summed E-state index contributed by atoms with van der Waals surface area (Å²) in [6, 6.07) is 7.77. The van der Waals surface area contributed by atoms with Crippen LogP contribution >= 0.6 is 11.5 Å². The van der Waals surface area contributed by atoms with Gasteiger partial charge in [0, 0.05) is 26.2 Å². The lowest BCUT2D eigenvalue weighted by molar-refractivity contribution is -0.139. The molecule has 0 bridgehead atoms. The maximum Gasteiger partial charge on any atom is 0.309 e. The summed E-state index contributed by atoms with van der Waals surface area (Å²) in [5, 5.41) is 9.23. The Morgan fingerprint density at radius 3 is 2.34 bits per heavy atom. The summed E-state index contributed by atoms with van der Waals surface area (Å²) in [6.45, 7) is 5.77. The molecule has 8 nitrogen and oxygen atoms in total. The van der Waals surface area contributed by atoms with Crippen LogP contribution < -0.4 is 10.6 Å². The second-order valence-electron chi connectivity index (χ2n) is 7.30. The quantitative estimate of drug-likeness (QED) is 0.719. The fourth-order valence-electron chi connectivity index (χ4n) is 3.20. The van der Waals surface area contributed by atoms with Crippen molar-refractivity contribution in [3.8, 4) is 0 Å². The number of aromatic nitrogens is 2. The second-order valence-corrected chi connectivity index (χ2v) is 8.06. The number of benzene rings is 1. The minimum atomic E-state index is -0.633. The summed E-state index contributed by atoms with van der Waals surface area (Å²) >= 11 is 1.12. The van der Waals surface area contributed by atoms with Gasteiger partial charge in [-0.05, 0) is 49.7 Å². The van der Waals surface area contributed by atoms with Crippen LogP contribution in [0.4, 0.5) is 0 Å². The highest BCUT2D eigenvalue weighted by molar-refractivity contribution is 7.07. The van der Waals surface area contributed by atoms with E-state index < -0.39 is 11.8 Å². The maximum absolute atomic E-state index is 12.5. The number of carbonyl (C=O) groups excluding carboxylic acids is 3. The van der Waals surface area contributed by atoms with Crippen molar-refractivity contribution in [3.63, 3.8) is 0 Å². The topological polar surface area (TPSA) is 104 Å². The van der Waals surface area contributed by atoms with Crippen LogP contribution in [-0.2, 0) is 16.1 Å². The fourth-order valence-corrected chi connectivity index (χ4v) is 3.82. The molecule has 0 radical (unpaired) electrons. The van der Waals surface area contributed by atoms with E-state index in [0.717, 1.165) is 35.5 Å². The third kappa shape index (κ3) is 5.60. The Bertz CT molecular complexity index is 872. The Kier molecular flexibility index (Phi) is 6.92. The van der Waals surface area contributed by atoms with E-state index in [1.807, 2.05) is 31.2 Å². The van der Waals surface area contributed by atoms with Crippen molar-refractivity contribution in [1.82, 2.24) is 25.1 Å². The first kappa shape index (κ1) is 20.9. The van der Waals surface area contributed by atoms with Crippen LogP contribution in [0.5, 0.6) is 0 Å². The normalized spacial score (nSPS) is 14.5. The molecule has 1 aromatic carbocycles. The largest absolute Gasteiger partial charge is 0.348 e. The molecule has 1 aromatic heterocycles. The molecule has 0 aliphatic carbocycles. The lowest BCUT2D eigenvalue weighted by atomic mass is 9.96. The van der Waals surface area contributed by atoms with Crippen LogP contribution in [0.1, 0.15) is 39.3 Å². The van der Waals surface area contributed by atoms with E-state index in [1.54, 1.807) is 11.8 Å². The number of carbonyl (C=O) groups is 3. The number of hydrogen-bond acceptors (Lipinski definition) is 6. The zero-order valence-electron chi connectivity index (χ0n) is 16.6. The molecule has 2 heterocycles. The van der Waals surface area contributed by atoms with Gasteiger partial charge in [-0.25, -0.2) is 0 Å². The average molecular weight is 416 g/mol. The minimum absolute atomic E-state index is 0.0320. The van der Waals surface area contributed by atoms with Gasteiger partial charge >= 0.3 is 11.8 Å². The van der Waals surface area contributed by atoms with Crippen molar-refractivity contribution in [2.24, 2.45) is 5.92 Å². The molecule has 3 amide bonds. The molecular formula is C20H25N5O3S. The number of nitrogens with one attached hydrogen (secondary N) is 2. The number of aryl methyl sites for hydroxylation is 2. The van der Waals surface area contributed by atoms with Gasteiger partial charge in [0.2, 0.25) is 0 Å². The minimum Gasteiger partial charge on any atom is -0.348 e. The predicted molar refractivity (Wildman–Crippen MR) is 109 cm³/mol. The van der Waals surface area contributed by atoms with Crippen LogP contribution in [0.2, 0.25) is 0 Å². The van der Waals surface area contributed by atoms with Crippen molar-refractivity contribution < 1.29 is 14.4 Å². The van der Waals surface area contributed by atoms with Crippen LogP contribution in [0.15, 0.2) is 24.3 Å². The van der Waals surface area contributed by atoms with Crippen molar-refractivity contribution in [1.29, 1.82) is 0 Å². The number of rotatable bonds is 5. The van der Waals surface area contributed by atoms with Gasteiger partial charge in [-0.3, -0.25) is 14.4 Å². The molecule has 0 unspecified atom stereocenters. The van der Waals surface area contributed by atoms with Gasteiger partial charge in [0.15, 0.2) is 0 Å². The average Bonchev–Trinajstić information content (AvgIpc) is 3.17. The summed E-state index contributed by atoms with van der Waals surface area (Å²) in [4.78, 5) is 38.9. The van der Waals surface area contributed by atoms with Gasteiger partial charge < -0.3 is 15.5 Å². The van der Waals surface area contributed by atoms with E-state index in [9.17, 15) is 14.4 Å². The Labute approximate surface area is 173 Å². The molecule has 0 atom stereocenters. The molecular weight excluding hydrogens is 390 g/mol. The predicted octanol–water partition coefficient (Wildman–Crippen LogP) is 1.44.